The molecule has 15 heteroatoms. The quantitative estimate of drug-likeness (QED) is 0.178. The second kappa shape index (κ2) is 14.4. The van der Waals surface area contributed by atoms with Crippen LogP contribution in [-0.2, 0) is 40.0 Å². The predicted octanol–water partition coefficient (Wildman–Crippen LogP) is 0.242. The zero-order chi connectivity index (χ0) is 23.9. The van der Waals surface area contributed by atoms with Crippen LogP contribution in [0.15, 0.2) is 12.5 Å². The van der Waals surface area contributed by atoms with E-state index >= 15 is 0 Å². The van der Waals surface area contributed by atoms with Crippen LogP contribution < -0.4 is 0 Å². The van der Waals surface area contributed by atoms with E-state index in [0.29, 0.717) is 5.69 Å². The molecule has 0 aliphatic rings. The highest BCUT2D eigenvalue weighted by Crippen LogP contribution is 2.15. The number of nitrogens with one attached hydrogen (secondary N) is 1. The Morgan fingerprint density at radius 1 is 1.12 bits per heavy atom. The molecule has 0 radical (unpaired) electrons. The number of hydrogen-bond donors (Lipinski definition) is 1. The third kappa shape index (κ3) is 11.5. The highest BCUT2D eigenvalue weighted by Gasteiger charge is 2.23. The lowest BCUT2D eigenvalue weighted by atomic mass is 9.95. The van der Waals surface area contributed by atoms with Gasteiger partial charge in [0, 0.05) is 37.6 Å². The van der Waals surface area contributed by atoms with Crippen molar-refractivity contribution in [3.8, 4) is 0 Å². The maximum atomic E-state index is 12.2. The second-order valence-corrected chi connectivity index (χ2v) is 6.62. The van der Waals surface area contributed by atoms with Crippen LogP contribution in [0.3, 0.4) is 0 Å². The first kappa shape index (κ1) is 26.4. The number of ketones is 2. The van der Waals surface area contributed by atoms with Gasteiger partial charge in [-0.2, -0.15) is 0 Å². The van der Waals surface area contributed by atoms with E-state index in [2.05, 4.69) is 19.6 Å². The molecule has 1 aromatic heterocycles. The fourth-order valence-electron chi connectivity index (χ4n) is 2.68. The Morgan fingerprint density at radius 3 is 2.44 bits per heavy atom. The number of carbonyl (C=O) groups is 3. The Bertz CT molecular complexity index is 769. The van der Waals surface area contributed by atoms with E-state index in [1.54, 1.807) is 6.20 Å². The predicted molar refractivity (Wildman–Crippen MR) is 102 cm³/mol. The maximum absolute atomic E-state index is 12.2. The summed E-state index contributed by atoms with van der Waals surface area (Å²) in [5.41, 5.74) is 0.684. The third-order valence-electron chi connectivity index (χ3n) is 4.11. The number of hydrogen-bond acceptors (Lipinski definition) is 12. The van der Waals surface area contributed by atoms with Gasteiger partial charge in [0.1, 0.15) is 19.0 Å². The Labute approximate surface area is 181 Å². The van der Waals surface area contributed by atoms with Crippen molar-refractivity contribution < 1.29 is 43.7 Å². The molecule has 2 atom stereocenters. The summed E-state index contributed by atoms with van der Waals surface area (Å²) in [6.07, 6.45) is 2.12. The van der Waals surface area contributed by atoms with E-state index in [1.807, 2.05) is 0 Å². The number of H-pyrrole nitrogens is 1. The van der Waals surface area contributed by atoms with Gasteiger partial charge < -0.3 is 24.1 Å². The molecule has 1 heterocycles. The number of imidazole rings is 1. The van der Waals surface area contributed by atoms with Gasteiger partial charge in [-0.05, 0) is 6.42 Å². The minimum absolute atomic E-state index is 0.00133. The molecule has 178 valence electrons. The van der Waals surface area contributed by atoms with E-state index < -0.39 is 48.0 Å². The average molecular weight is 460 g/mol. The molecule has 0 bridgehead atoms. The number of carbonyl (C=O) groups excluding carboxylic acids is 3. The Hall–Kier alpha value is -3.62. The summed E-state index contributed by atoms with van der Waals surface area (Å²) in [5.74, 6) is -1.79. The average Bonchev–Trinajstić information content (AvgIpc) is 3.23. The number of aromatic amines is 1. The summed E-state index contributed by atoms with van der Waals surface area (Å²) in [4.78, 5) is 71.3. The van der Waals surface area contributed by atoms with E-state index in [0.717, 1.165) is 0 Å². The van der Waals surface area contributed by atoms with Gasteiger partial charge in [-0.3, -0.25) is 14.4 Å². The SMILES string of the molecule is COC(=O)C(CC(=O)CCCC(=O)COCC(CO[N+](=O)[O-])O[N+](=O)[O-])Cc1cnc[nH]1. The minimum atomic E-state index is -1.38. The number of esters is 1. The smallest absolute Gasteiger partial charge is 0.309 e. The highest BCUT2D eigenvalue weighted by atomic mass is 17.0. The van der Waals surface area contributed by atoms with Gasteiger partial charge in [0.2, 0.25) is 0 Å². The third-order valence-corrected chi connectivity index (χ3v) is 4.11. The molecule has 0 saturated heterocycles. The molecule has 1 N–H and O–H groups in total. The first-order valence-corrected chi connectivity index (χ1v) is 9.46. The van der Waals surface area contributed by atoms with Gasteiger partial charge in [-0.1, -0.05) is 0 Å². The van der Waals surface area contributed by atoms with Gasteiger partial charge in [0.15, 0.2) is 11.9 Å². The van der Waals surface area contributed by atoms with Crippen LogP contribution in [0.1, 0.15) is 31.4 Å². The van der Waals surface area contributed by atoms with Crippen LogP contribution in [0.25, 0.3) is 0 Å². The molecule has 0 amide bonds. The molecule has 0 aliphatic carbocycles. The summed E-state index contributed by atoms with van der Waals surface area (Å²) in [6.45, 7) is -1.64. The van der Waals surface area contributed by atoms with E-state index in [9.17, 15) is 34.6 Å². The molecule has 1 aromatic rings. The van der Waals surface area contributed by atoms with Gasteiger partial charge in [-0.25, -0.2) is 4.98 Å². The van der Waals surface area contributed by atoms with Crippen LogP contribution in [0.2, 0.25) is 0 Å². The summed E-state index contributed by atoms with van der Waals surface area (Å²) >= 11 is 0. The highest BCUT2D eigenvalue weighted by molar-refractivity contribution is 5.85. The first-order valence-electron chi connectivity index (χ1n) is 9.46. The number of aromatic nitrogens is 2. The lowest BCUT2D eigenvalue weighted by molar-refractivity contribution is -0.790. The molecule has 0 spiro atoms. The van der Waals surface area contributed by atoms with Crippen molar-refractivity contribution in [1.82, 2.24) is 9.97 Å². The van der Waals surface area contributed by atoms with Crippen molar-refractivity contribution in [3.05, 3.63) is 38.4 Å². The Kier molecular flexibility index (Phi) is 11.9. The molecule has 15 nitrogen and oxygen atoms in total. The molecule has 32 heavy (non-hydrogen) atoms. The van der Waals surface area contributed by atoms with Crippen molar-refractivity contribution in [2.75, 3.05) is 26.9 Å². The Balaban J connectivity index is 2.32. The van der Waals surface area contributed by atoms with Crippen LogP contribution >= 0.6 is 0 Å². The topological polar surface area (TPSA) is 203 Å². The molecule has 0 aliphatic heterocycles. The number of Topliss-reactive ketones (excluding diaryl/α,β-unsaturated/α-hetero) is 2. The Morgan fingerprint density at radius 2 is 1.84 bits per heavy atom. The fourth-order valence-corrected chi connectivity index (χ4v) is 2.68. The lowest BCUT2D eigenvalue weighted by Crippen LogP contribution is -2.30. The monoisotopic (exact) mass is 460 g/mol. The molecule has 0 fully saturated rings. The minimum Gasteiger partial charge on any atom is -0.469 e. The summed E-state index contributed by atoms with van der Waals surface area (Å²) in [6, 6.07) is 0. The van der Waals surface area contributed by atoms with Gasteiger partial charge in [-0.15, -0.1) is 20.2 Å². The van der Waals surface area contributed by atoms with Crippen molar-refractivity contribution in [3.63, 3.8) is 0 Å². The van der Waals surface area contributed by atoms with Crippen LogP contribution in [-0.4, -0.2) is 70.7 Å². The largest absolute Gasteiger partial charge is 0.469 e. The molecule has 2 unspecified atom stereocenters. The van der Waals surface area contributed by atoms with Crippen molar-refractivity contribution >= 4 is 17.5 Å². The van der Waals surface area contributed by atoms with E-state index in [-0.39, 0.29) is 43.7 Å². The zero-order valence-corrected chi connectivity index (χ0v) is 17.3. The summed E-state index contributed by atoms with van der Waals surface area (Å²) < 4.78 is 9.71. The number of methoxy groups -OCH3 is 1. The van der Waals surface area contributed by atoms with E-state index in [4.69, 9.17) is 9.47 Å². The summed E-state index contributed by atoms with van der Waals surface area (Å²) in [7, 11) is 1.23. The zero-order valence-electron chi connectivity index (χ0n) is 17.3. The maximum Gasteiger partial charge on any atom is 0.309 e. The van der Waals surface area contributed by atoms with Crippen molar-refractivity contribution in [1.29, 1.82) is 0 Å². The molecule has 1 rings (SSSR count). The molecular formula is C17H24N4O11. The molecular weight excluding hydrogens is 436 g/mol. The second-order valence-electron chi connectivity index (χ2n) is 6.62. The van der Waals surface area contributed by atoms with Crippen molar-refractivity contribution in [2.45, 2.75) is 38.2 Å². The standard InChI is InChI=1S/C17H24N4O11/c1-29-17(24)12(5-13-7-18-11-19-13)6-14(22)3-2-4-15(23)8-30-9-16(32-21(27)28)10-31-20(25)26/h7,11-12,16H,2-6,8-10H2,1H3,(H,18,19). The fraction of sp³-hybridized carbons (Fsp3) is 0.647. The molecule has 0 saturated carbocycles. The van der Waals surface area contributed by atoms with E-state index in [1.165, 1.54) is 13.4 Å². The number of ether oxygens (including phenoxy) is 2. The number of nitrogens with zero attached hydrogens (tertiary/aromatic N) is 3. The van der Waals surface area contributed by atoms with Crippen LogP contribution in [0.4, 0.5) is 0 Å². The molecule has 0 aromatic carbocycles. The van der Waals surface area contributed by atoms with Gasteiger partial charge >= 0.3 is 5.97 Å². The number of rotatable bonds is 18. The normalized spacial score (nSPS) is 12.4. The first-order chi connectivity index (χ1) is 15.2. The van der Waals surface area contributed by atoms with Crippen molar-refractivity contribution in [2.24, 2.45) is 5.92 Å². The van der Waals surface area contributed by atoms with Gasteiger partial charge in [0.05, 0.1) is 26.0 Å². The van der Waals surface area contributed by atoms with Crippen LogP contribution in [0, 0.1) is 26.1 Å². The van der Waals surface area contributed by atoms with Gasteiger partial charge in [0.25, 0.3) is 10.2 Å². The van der Waals surface area contributed by atoms with Crippen LogP contribution in [0.5, 0.6) is 0 Å². The lowest BCUT2D eigenvalue weighted by Gasteiger charge is -2.14. The summed E-state index contributed by atoms with van der Waals surface area (Å²) in [5, 5.41) is 18.2.